The molecule has 0 aliphatic carbocycles. The molecule has 0 fully saturated rings. The molecule has 0 atom stereocenters. The third-order valence-electron chi connectivity index (χ3n) is 8.39. The molecule has 0 bridgehead atoms. The average molecular weight is 635 g/mol. The summed E-state index contributed by atoms with van der Waals surface area (Å²) < 4.78 is 12.3. The van der Waals surface area contributed by atoms with Gasteiger partial charge in [-0.25, -0.2) is 0 Å². The van der Waals surface area contributed by atoms with Crippen LogP contribution in [0.15, 0.2) is 158 Å². The lowest BCUT2D eigenvalue weighted by atomic mass is 10.0. The molecule has 0 aliphatic heterocycles. The molecule has 0 N–H and O–H groups in total. The van der Waals surface area contributed by atoms with E-state index in [1.54, 1.807) is 0 Å². The van der Waals surface area contributed by atoms with Gasteiger partial charge in [0, 0.05) is 47.3 Å². The van der Waals surface area contributed by atoms with E-state index < -0.39 is 8.56 Å². The molecule has 0 aliphatic rings. The topological polar surface area (TPSA) is 24.9 Å². The average Bonchev–Trinajstić information content (AvgIpc) is 3.11. The summed E-state index contributed by atoms with van der Waals surface area (Å²) in [5.74, 6) is 0. The highest BCUT2D eigenvalue weighted by atomic mass is 28.4. The molecule has 6 aromatic carbocycles. The molecule has 0 amide bonds. The Balaban J connectivity index is 1.29. The predicted molar refractivity (Wildman–Crippen MR) is 200 cm³/mol. The number of aryl methyl sites for hydroxylation is 1. The van der Waals surface area contributed by atoms with E-state index in [1.807, 2.05) is 13.8 Å². The maximum atomic E-state index is 6.15. The molecule has 0 saturated heterocycles. The van der Waals surface area contributed by atoms with E-state index in [9.17, 15) is 0 Å². The van der Waals surface area contributed by atoms with Gasteiger partial charge in [0.15, 0.2) is 0 Å². The Bertz CT molecular complexity index is 1840. The number of anilines is 6. The first-order valence-corrected chi connectivity index (χ1v) is 18.7. The van der Waals surface area contributed by atoms with Gasteiger partial charge < -0.3 is 18.7 Å². The number of hydrogen-bond donors (Lipinski definition) is 0. The molecule has 0 aromatic heterocycles. The van der Waals surface area contributed by atoms with Crippen LogP contribution in [0.25, 0.3) is 11.1 Å². The Morgan fingerprint density at radius 3 is 1.11 bits per heavy atom. The van der Waals surface area contributed by atoms with Gasteiger partial charge in [0.05, 0.1) is 0 Å². The molecule has 0 unspecified atom stereocenters. The minimum atomic E-state index is -2.46. The lowest BCUT2D eigenvalue weighted by molar-refractivity contribution is 0.202. The minimum absolute atomic E-state index is 0.633. The summed E-state index contributed by atoms with van der Waals surface area (Å²) in [4.78, 5) is 4.58. The van der Waals surface area contributed by atoms with E-state index in [0.29, 0.717) is 13.2 Å². The lowest BCUT2D eigenvalue weighted by Gasteiger charge is -2.28. The number of rotatable bonds is 12. The zero-order valence-electron chi connectivity index (χ0n) is 27.6. The molecule has 4 nitrogen and oxygen atoms in total. The van der Waals surface area contributed by atoms with E-state index in [0.717, 1.165) is 39.3 Å². The van der Waals surface area contributed by atoms with Crippen molar-refractivity contribution in [2.75, 3.05) is 23.0 Å². The van der Waals surface area contributed by atoms with Crippen molar-refractivity contribution < 1.29 is 8.85 Å². The van der Waals surface area contributed by atoms with E-state index in [4.69, 9.17) is 8.85 Å². The van der Waals surface area contributed by atoms with Crippen molar-refractivity contribution >= 4 is 47.9 Å². The van der Waals surface area contributed by atoms with Crippen LogP contribution in [-0.4, -0.2) is 21.8 Å². The van der Waals surface area contributed by atoms with Crippen molar-refractivity contribution in [2.24, 2.45) is 0 Å². The maximum absolute atomic E-state index is 6.15. The zero-order chi connectivity index (χ0) is 32.6. The van der Waals surface area contributed by atoms with E-state index in [2.05, 4.69) is 181 Å². The van der Waals surface area contributed by atoms with Crippen LogP contribution in [0.1, 0.15) is 19.4 Å². The number of para-hydroxylation sites is 2. The van der Waals surface area contributed by atoms with Gasteiger partial charge in [-0.3, -0.25) is 0 Å². The Labute approximate surface area is 280 Å². The fourth-order valence-corrected chi connectivity index (χ4v) is 8.31. The number of hydrogen-bond acceptors (Lipinski definition) is 4. The summed E-state index contributed by atoms with van der Waals surface area (Å²) in [7, 11) is -2.46. The molecule has 5 heteroatoms. The smallest absolute Gasteiger partial charge is 0.369 e. The maximum Gasteiger partial charge on any atom is 0.369 e. The van der Waals surface area contributed by atoms with Crippen LogP contribution < -0.4 is 15.0 Å². The molecular formula is C42H42N2O2Si. The van der Waals surface area contributed by atoms with Crippen LogP contribution in [0.2, 0.25) is 6.55 Å². The highest BCUT2D eigenvalue weighted by molar-refractivity contribution is 6.80. The molecule has 47 heavy (non-hydrogen) atoms. The molecule has 6 rings (SSSR count). The highest BCUT2D eigenvalue weighted by Crippen LogP contribution is 2.37. The summed E-state index contributed by atoms with van der Waals surface area (Å²) >= 11 is 0. The first-order valence-electron chi connectivity index (χ1n) is 16.3. The highest BCUT2D eigenvalue weighted by Gasteiger charge is 2.33. The molecule has 236 valence electrons. The lowest BCUT2D eigenvalue weighted by Crippen LogP contribution is -2.51. The summed E-state index contributed by atoms with van der Waals surface area (Å²) in [6.45, 7) is 9.56. The second kappa shape index (κ2) is 14.7. The van der Waals surface area contributed by atoms with E-state index in [1.165, 1.54) is 16.7 Å². The van der Waals surface area contributed by atoms with Crippen molar-refractivity contribution in [3.8, 4) is 11.1 Å². The second-order valence-corrected chi connectivity index (χ2v) is 14.7. The fraction of sp³-hybridized carbons (Fsp3) is 0.143. The standard InChI is InChI=1S/C42H42N2O2Si/c1-5-45-47(4,46-6-2)42-31-29-41(30-32-42)44(37-15-11-8-12-16-37)40-27-21-35(22-28-40)34-19-25-39(26-20-34)43(36-13-9-7-10-14-36)38-23-17-33(3)18-24-38/h7-32H,5-6H2,1-4H3. The van der Waals surface area contributed by atoms with Gasteiger partial charge in [-0.2, -0.15) is 0 Å². The third-order valence-corrected chi connectivity index (χ3v) is 11.5. The van der Waals surface area contributed by atoms with Crippen molar-refractivity contribution in [3.05, 3.63) is 163 Å². The van der Waals surface area contributed by atoms with Crippen LogP contribution >= 0.6 is 0 Å². The van der Waals surface area contributed by atoms with Gasteiger partial charge in [0.2, 0.25) is 0 Å². The van der Waals surface area contributed by atoms with Crippen LogP contribution in [0.5, 0.6) is 0 Å². The van der Waals surface area contributed by atoms with Gasteiger partial charge in [0.25, 0.3) is 0 Å². The second-order valence-electron chi connectivity index (χ2n) is 11.6. The van der Waals surface area contributed by atoms with Crippen LogP contribution in [-0.2, 0) is 8.85 Å². The van der Waals surface area contributed by atoms with Gasteiger partial charge >= 0.3 is 8.56 Å². The Morgan fingerprint density at radius 2 is 0.745 bits per heavy atom. The zero-order valence-corrected chi connectivity index (χ0v) is 28.6. The summed E-state index contributed by atoms with van der Waals surface area (Å²) in [6.07, 6.45) is 0. The fourth-order valence-electron chi connectivity index (χ4n) is 6.02. The van der Waals surface area contributed by atoms with Crippen molar-refractivity contribution in [2.45, 2.75) is 27.3 Å². The Morgan fingerprint density at radius 1 is 0.426 bits per heavy atom. The van der Waals surface area contributed by atoms with Crippen molar-refractivity contribution in [1.29, 1.82) is 0 Å². The van der Waals surface area contributed by atoms with Crippen LogP contribution in [0, 0.1) is 6.92 Å². The van der Waals surface area contributed by atoms with Crippen LogP contribution in [0.3, 0.4) is 0 Å². The summed E-state index contributed by atoms with van der Waals surface area (Å²) in [5, 5.41) is 1.13. The van der Waals surface area contributed by atoms with Crippen molar-refractivity contribution in [1.82, 2.24) is 0 Å². The van der Waals surface area contributed by atoms with Gasteiger partial charge in [-0.05, 0) is 116 Å². The predicted octanol–water partition coefficient (Wildman–Crippen LogP) is 11.0. The molecular weight excluding hydrogens is 593 g/mol. The summed E-state index contributed by atoms with van der Waals surface area (Å²) in [6, 6.07) is 56.0. The minimum Gasteiger partial charge on any atom is -0.391 e. The SMILES string of the molecule is CCO[Si](C)(OCC)c1ccc(N(c2ccccc2)c2ccc(-c3ccc(N(c4ccccc4)c4ccc(C)cc4)cc3)cc2)cc1. The monoisotopic (exact) mass is 634 g/mol. The van der Waals surface area contributed by atoms with Gasteiger partial charge in [-0.15, -0.1) is 0 Å². The number of benzene rings is 6. The van der Waals surface area contributed by atoms with E-state index >= 15 is 0 Å². The Kier molecular flexibility index (Phi) is 9.98. The van der Waals surface area contributed by atoms with Crippen molar-refractivity contribution in [3.63, 3.8) is 0 Å². The molecule has 0 spiro atoms. The van der Waals surface area contributed by atoms with Gasteiger partial charge in [-0.1, -0.05) is 90.5 Å². The van der Waals surface area contributed by atoms with Gasteiger partial charge in [0.1, 0.15) is 0 Å². The quantitative estimate of drug-likeness (QED) is 0.125. The first-order chi connectivity index (χ1) is 23.0. The number of nitrogens with zero attached hydrogens (tertiary/aromatic N) is 2. The molecule has 6 aromatic rings. The normalized spacial score (nSPS) is 11.3. The van der Waals surface area contributed by atoms with Crippen LogP contribution in [0.4, 0.5) is 34.1 Å². The molecule has 0 heterocycles. The molecule has 0 radical (unpaired) electrons. The third kappa shape index (κ3) is 7.23. The van der Waals surface area contributed by atoms with E-state index in [-0.39, 0.29) is 0 Å². The molecule has 0 saturated carbocycles. The first kappa shape index (κ1) is 32.0. The largest absolute Gasteiger partial charge is 0.391 e. The Hall–Kier alpha value is -4.94. The summed E-state index contributed by atoms with van der Waals surface area (Å²) in [5.41, 5.74) is 10.2.